The molecule has 2 N–H and O–H groups in total. The highest BCUT2D eigenvalue weighted by Gasteiger charge is 2.41. The number of imidazole rings is 1. The van der Waals surface area contributed by atoms with Crippen molar-refractivity contribution in [1.29, 1.82) is 0 Å². The van der Waals surface area contributed by atoms with Gasteiger partial charge in [0.25, 0.3) is 0 Å². The van der Waals surface area contributed by atoms with Crippen molar-refractivity contribution in [3.8, 4) is 0 Å². The van der Waals surface area contributed by atoms with Crippen molar-refractivity contribution in [3.63, 3.8) is 0 Å². The first-order valence-corrected chi connectivity index (χ1v) is 7.93. The Balaban J connectivity index is 2.27. The van der Waals surface area contributed by atoms with Gasteiger partial charge in [0.05, 0.1) is 11.7 Å². The summed E-state index contributed by atoms with van der Waals surface area (Å²) in [6.07, 6.45) is 8.37. The lowest BCUT2D eigenvalue weighted by molar-refractivity contribution is 0.237. The molecule has 0 spiro atoms. The molecule has 2 aromatic rings. The zero-order valence-corrected chi connectivity index (χ0v) is 13.6. The third-order valence-corrected chi connectivity index (χ3v) is 4.92. The molecule has 2 heterocycles. The molecule has 0 aromatic carbocycles. The van der Waals surface area contributed by atoms with Crippen LogP contribution < -0.4 is 5.73 Å². The molecule has 1 aliphatic carbocycles. The summed E-state index contributed by atoms with van der Waals surface area (Å²) in [5.74, 6) is 1.13. The van der Waals surface area contributed by atoms with E-state index in [2.05, 4.69) is 43.3 Å². The number of rotatable bonds is 1. The summed E-state index contributed by atoms with van der Waals surface area (Å²) >= 11 is 0. The van der Waals surface area contributed by atoms with Crippen LogP contribution in [0.5, 0.6) is 0 Å². The zero-order chi connectivity index (χ0) is 15.3. The smallest absolute Gasteiger partial charge is 0.117 e. The van der Waals surface area contributed by atoms with E-state index in [1.807, 2.05) is 12.4 Å². The second kappa shape index (κ2) is 4.80. The minimum absolute atomic E-state index is 0.0222. The summed E-state index contributed by atoms with van der Waals surface area (Å²) < 4.78 is 2.37. The molecular formula is C17H26N4. The van der Waals surface area contributed by atoms with Crippen molar-refractivity contribution >= 4 is 11.0 Å². The highest BCUT2D eigenvalue weighted by molar-refractivity contribution is 5.75. The lowest BCUT2D eigenvalue weighted by Gasteiger charge is -2.41. The third-order valence-electron chi connectivity index (χ3n) is 4.92. The van der Waals surface area contributed by atoms with Gasteiger partial charge in [0.1, 0.15) is 11.3 Å². The summed E-state index contributed by atoms with van der Waals surface area (Å²) in [4.78, 5) is 9.17. The van der Waals surface area contributed by atoms with Gasteiger partial charge in [-0.2, -0.15) is 0 Å². The summed E-state index contributed by atoms with van der Waals surface area (Å²) in [5, 5.41) is 0. The molecule has 114 valence electrons. The topological polar surface area (TPSA) is 56.7 Å². The van der Waals surface area contributed by atoms with Crippen LogP contribution in [-0.4, -0.2) is 20.6 Å². The highest BCUT2D eigenvalue weighted by atomic mass is 15.2. The van der Waals surface area contributed by atoms with Crippen LogP contribution in [0.25, 0.3) is 11.0 Å². The summed E-state index contributed by atoms with van der Waals surface area (Å²) in [6, 6.07) is 2.24. The van der Waals surface area contributed by atoms with E-state index >= 15 is 0 Å². The molecule has 3 rings (SSSR count). The Labute approximate surface area is 126 Å². The Kier molecular flexibility index (Phi) is 3.32. The monoisotopic (exact) mass is 286 g/mol. The Hall–Kier alpha value is -1.42. The molecule has 1 fully saturated rings. The minimum atomic E-state index is -0.0510. The fourth-order valence-electron chi connectivity index (χ4n) is 3.63. The van der Waals surface area contributed by atoms with Crippen molar-refractivity contribution < 1.29 is 0 Å². The van der Waals surface area contributed by atoms with Crippen LogP contribution in [0.15, 0.2) is 18.5 Å². The van der Waals surface area contributed by atoms with Crippen LogP contribution in [0.1, 0.15) is 59.2 Å². The predicted molar refractivity (Wildman–Crippen MR) is 86.3 cm³/mol. The maximum atomic E-state index is 6.51. The van der Waals surface area contributed by atoms with Crippen LogP contribution in [0, 0.1) is 0 Å². The third kappa shape index (κ3) is 2.26. The minimum Gasteiger partial charge on any atom is -0.327 e. The highest BCUT2D eigenvalue weighted by Crippen LogP contribution is 2.40. The SMILES string of the molecule is CC1(c2nc3cnccc3n2C(C)(C)C)CCCCC1N. The molecule has 2 aromatic heterocycles. The number of fused-ring (bicyclic) bond motifs is 1. The van der Waals surface area contributed by atoms with E-state index < -0.39 is 0 Å². The van der Waals surface area contributed by atoms with Gasteiger partial charge in [-0.25, -0.2) is 4.98 Å². The molecule has 0 aliphatic heterocycles. The number of pyridine rings is 1. The van der Waals surface area contributed by atoms with Gasteiger partial charge in [-0.1, -0.05) is 19.8 Å². The van der Waals surface area contributed by atoms with Gasteiger partial charge in [0.2, 0.25) is 0 Å². The quantitative estimate of drug-likeness (QED) is 0.874. The largest absolute Gasteiger partial charge is 0.327 e. The Morgan fingerprint density at radius 3 is 2.76 bits per heavy atom. The normalized spacial score (nSPS) is 27.2. The number of nitrogens with zero attached hydrogens (tertiary/aromatic N) is 3. The summed E-state index contributed by atoms with van der Waals surface area (Å²) in [7, 11) is 0. The first-order valence-electron chi connectivity index (χ1n) is 7.93. The lowest BCUT2D eigenvalue weighted by atomic mass is 9.71. The number of hydrogen-bond donors (Lipinski definition) is 1. The molecule has 4 nitrogen and oxygen atoms in total. The molecule has 0 amide bonds. The zero-order valence-electron chi connectivity index (χ0n) is 13.6. The van der Waals surface area contributed by atoms with Crippen molar-refractivity contribution in [2.24, 2.45) is 5.73 Å². The lowest BCUT2D eigenvalue weighted by Crippen LogP contribution is -2.48. The van der Waals surface area contributed by atoms with E-state index in [0.717, 1.165) is 29.7 Å². The molecule has 0 radical (unpaired) electrons. The molecule has 1 aliphatic rings. The van der Waals surface area contributed by atoms with E-state index in [1.54, 1.807) is 0 Å². The van der Waals surface area contributed by atoms with Crippen molar-refractivity contribution in [2.75, 3.05) is 0 Å². The second-order valence-electron chi connectivity index (χ2n) is 7.58. The van der Waals surface area contributed by atoms with Crippen LogP contribution >= 0.6 is 0 Å². The van der Waals surface area contributed by atoms with E-state index in [0.29, 0.717) is 0 Å². The first-order chi connectivity index (χ1) is 9.84. The molecule has 2 unspecified atom stereocenters. The van der Waals surface area contributed by atoms with E-state index in [9.17, 15) is 0 Å². The molecule has 0 bridgehead atoms. The number of aromatic nitrogens is 3. The van der Waals surface area contributed by atoms with Crippen LogP contribution in [0.4, 0.5) is 0 Å². The number of nitrogens with two attached hydrogens (primary N) is 1. The Morgan fingerprint density at radius 1 is 1.33 bits per heavy atom. The van der Waals surface area contributed by atoms with Crippen molar-refractivity contribution in [3.05, 3.63) is 24.3 Å². The molecule has 21 heavy (non-hydrogen) atoms. The number of hydrogen-bond acceptors (Lipinski definition) is 3. The van der Waals surface area contributed by atoms with Gasteiger partial charge in [0, 0.05) is 23.2 Å². The van der Waals surface area contributed by atoms with Gasteiger partial charge in [-0.15, -0.1) is 0 Å². The maximum Gasteiger partial charge on any atom is 0.117 e. The van der Waals surface area contributed by atoms with Gasteiger partial charge in [-0.3, -0.25) is 4.98 Å². The van der Waals surface area contributed by atoms with Crippen LogP contribution in [0.3, 0.4) is 0 Å². The molecular weight excluding hydrogens is 260 g/mol. The average Bonchev–Trinajstić information content (AvgIpc) is 2.82. The maximum absolute atomic E-state index is 6.51. The second-order valence-corrected chi connectivity index (χ2v) is 7.58. The van der Waals surface area contributed by atoms with Gasteiger partial charge >= 0.3 is 0 Å². The molecule has 1 saturated carbocycles. The van der Waals surface area contributed by atoms with E-state index in [1.165, 1.54) is 12.8 Å². The Bertz CT molecular complexity index is 652. The summed E-state index contributed by atoms with van der Waals surface area (Å²) in [5.41, 5.74) is 8.57. The van der Waals surface area contributed by atoms with Crippen molar-refractivity contribution in [2.45, 2.75) is 70.4 Å². The van der Waals surface area contributed by atoms with Gasteiger partial charge < -0.3 is 10.3 Å². The molecule has 0 saturated heterocycles. The first kappa shape index (κ1) is 14.5. The molecule has 2 atom stereocenters. The fraction of sp³-hybridized carbons (Fsp3) is 0.647. The van der Waals surface area contributed by atoms with Gasteiger partial charge in [0.15, 0.2) is 0 Å². The average molecular weight is 286 g/mol. The predicted octanol–water partition coefficient (Wildman–Crippen LogP) is 3.35. The van der Waals surface area contributed by atoms with E-state index in [-0.39, 0.29) is 17.0 Å². The summed E-state index contributed by atoms with van der Waals surface area (Å²) in [6.45, 7) is 8.98. The van der Waals surface area contributed by atoms with Crippen molar-refractivity contribution in [1.82, 2.24) is 14.5 Å². The van der Waals surface area contributed by atoms with Crippen LogP contribution in [0.2, 0.25) is 0 Å². The fourth-order valence-corrected chi connectivity index (χ4v) is 3.63. The van der Waals surface area contributed by atoms with E-state index in [4.69, 9.17) is 10.7 Å². The Morgan fingerprint density at radius 2 is 2.10 bits per heavy atom. The van der Waals surface area contributed by atoms with Gasteiger partial charge in [-0.05, 0) is 39.7 Å². The molecule has 4 heteroatoms. The standard InChI is InChI=1S/C17H26N4/c1-16(2,3)21-13-8-10-19-11-12(13)20-15(21)17(4)9-6-5-7-14(17)18/h8,10-11,14H,5-7,9,18H2,1-4H3. The van der Waals surface area contributed by atoms with Crippen LogP contribution in [-0.2, 0) is 11.0 Å².